The van der Waals surface area contributed by atoms with Crippen LogP contribution in [0.15, 0.2) is 11.0 Å². The van der Waals surface area contributed by atoms with Gasteiger partial charge in [0.25, 0.3) is 5.56 Å². The van der Waals surface area contributed by atoms with E-state index in [2.05, 4.69) is 10.00 Å². The summed E-state index contributed by atoms with van der Waals surface area (Å²) in [5, 5.41) is 13.1. The molecule has 6 nitrogen and oxygen atoms in total. The smallest absolute Gasteiger partial charge is 0.287 e. The number of aliphatic hydroxyl groups is 1. The first-order valence-electron chi connectivity index (χ1n) is 6.91. The molecule has 3 N–H and O–H groups in total. The van der Waals surface area contributed by atoms with Crippen LogP contribution in [-0.4, -0.2) is 40.6 Å². The second kappa shape index (κ2) is 6.56. The van der Waals surface area contributed by atoms with E-state index >= 15 is 0 Å². The predicted molar refractivity (Wildman–Crippen MR) is 79.2 cm³/mol. The highest BCUT2D eigenvalue weighted by Crippen LogP contribution is 2.27. The Bertz CT molecular complexity index is 518. The maximum atomic E-state index is 12.0. The van der Waals surface area contributed by atoms with E-state index in [1.54, 1.807) is 6.20 Å². The van der Waals surface area contributed by atoms with Gasteiger partial charge in [-0.2, -0.15) is 5.10 Å². The van der Waals surface area contributed by atoms with Crippen LogP contribution in [0.4, 0.5) is 5.69 Å². The summed E-state index contributed by atoms with van der Waals surface area (Å²) in [6, 6.07) is 0.124. The molecule has 2 heterocycles. The highest BCUT2D eigenvalue weighted by molar-refractivity contribution is 6.33. The number of hydrogen-bond acceptors (Lipinski definition) is 5. The third-order valence-corrected chi connectivity index (χ3v) is 4.18. The van der Waals surface area contributed by atoms with Gasteiger partial charge in [0, 0.05) is 19.1 Å². The predicted octanol–water partition coefficient (Wildman–Crippen LogP) is 0.453. The molecule has 0 radical (unpaired) electrons. The lowest BCUT2D eigenvalue weighted by atomic mass is 9.92. The zero-order chi connectivity index (χ0) is 14.7. The summed E-state index contributed by atoms with van der Waals surface area (Å²) < 4.78 is 1.18. The van der Waals surface area contributed by atoms with Crippen LogP contribution in [0.25, 0.3) is 0 Å². The fourth-order valence-electron chi connectivity index (χ4n) is 2.59. The summed E-state index contributed by atoms with van der Waals surface area (Å²) in [6.45, 7) is 3.67. The van der Waals surface area contributed by atoms with Crippen molar-refractivity contribution in [3.8, 4) is 0 Å². The Kier molecular flexibility index (Phi) is 5.01. The van der Waals surface area contributed by atoms with Gasteiger partial charge in [0.15, 0.2) is 0 Å². The average Bonchev–Trinajstić information content (AvgIpc) is 2.44. The molecule has 20 heavy (non-hydrogen) atoms. The molecule has 2 unspecified atom stereocenters. The first kappa shape index (κ1) is 15.3. The van der Waals surface area contributed by atoms with Gasteiger partial charge in [0.05, 0.1) is 25.0 Å². The van der Waals surface area contributed by atoms with E-state index in [0.717, 1.165) is 25.9 Å². The summed E-state index contributed by atoms with van der Waals surface area (Å²) >= 11 is 6.17. The molecule has 1 aliphatic rings. The van der Waals surface area contributed by atoms with Crippen molar-refractivity contribution in [1.82, 2.24) is 9.78 Å². The topological polar surface area (TPSA) is 84.4 Å². The number of aliphatic hydroxyl groups excluding tert-OH is 1. The van der Waals surface area contributed by atoms with E-state index < -0.39 is 0 Å². The van der Waals surface area contributed by atoms with Crippen molar-refractivity contribution in [3.63, 3.8) is 0 Å². The van der Waals surface area contributed by atoms with Gasteiger partial charge in [0.2, 0.25) is 0 Å². The largest absolute Gasteiger partial charge is 0.394 e. The van der Waals surface area contributed by atoms with Gasteiger partial charge < -0.3 is 15.7 Å². The van der Waals surface area contributed by atoms with Gasteiger partial charge >= 0.3 is 0 Å². The van der Waals surface area contributed by atoms with Crippen molar-refractivity contribution in [1.29, 1.82) is 0 Å². The molecule has 1 aromatic rings. The van der Waals surface area contributed by atoms with Crippen molar-refractivity contribution in [2.75, 3.05) is 24.6 Å². The number of anilines is 1. The van der Waals surface area contributed by atoms with Crippen LogP contribution in [0.1, 0.15) is 19.8 Å². The third kappa shape index (κ3) is 3.13. The van der Waals surface area contributed by atoms with Gasteiger partial charge in [-0.3, -0.25) is 4.79 Å². The summed E-state index contributed by atoms with van der Waals surface area (Å²) in [7, 11) is 0. The lowest BCUT2D eigenvalue weighted by Gasteiger charge is -2.36. The van der Waals surface area contributed by atoms with Crippen LogP contribution in [0, 0.1) is 5.92 Å². The van der Waals surface area contributed by atoms with Gasteiger partial charge in [-0.25, -0.2) is 4.68 Å². The standard InChI is InChI=1S/C13H21ClN4O2/c1-9(15)10-3-2-4-17(8-10)11-7-16-18(5-6-19)13(20)12(11)14/h7,9-10,19H,2-6,8,15H2,1H3. The van der Waals surface area contributed by atoms with E-state index in [1.165, 1.54) is 4.68 Å². The number of nitrogens with two attached hydrogens (primary N) is 1. The van der Waals surface area contributed by atoms with Crippen LogP contribution >= 0.6 is 11.6 Å². The van der Waals surface area contributed by atoms with E-state index in [0.29, 0.717) is 11.6 Å². The zero-order valence-electron chi connectivity index (χ0n) is 11.6. The normalized spacial score (nSPS) is 21.0. The summed E-state index contributed by atoms with van der Waals surface area (Å²) in [6.07, 6.45) is 3.73. The van der Waals surface area contributed by atoms with Crippen LogP contribution in [0.5, 0.6) is 0 Å². The molecule has 0 amide bonds. The minimum atomic E-state index is -0.360. The molecular formula is C13H21ClN4O2. The first-order valence-corrected chi connectivity index (χ1v) is 7.29. The SMILES string of the molecule is CC(N)C1CCCN(c2cnn(CCO)c(=O)c2Cl)C1. The van der Waals surface area contributed by atoms with E-state index in [-0.39, 0.29) is 29.8 Å². The Hall–Kier alpha value is -1.11. The Morgan fingerprint density at radius 3 is 3.05 bits per heavy atom. The number of hydrogen-bond donors (Lipinski definition) is 2. The van der Waals surface area contributed by atoms with Crippen molar-refractivity contribution >= 4 is 17.3 Å². The van der Waals surface area contributed by atoms with Crippen LogP contribution in [0.3, 0.4) is 0 Å². The monoisotopic (exact) mass is 300 g/mol. The molecule has 112 valence electrons. The fourth-order valence-corrected chi connectivity index (χ4v) is 2.85. The second-order valence-electron chi connectivity index (χ2n) is 5.30. The molecular weight excluding hydrogens is 280 g/mol. The van der Waals surface area contributed by atoms with E-state index in [4.69, 9.17) is 22.4 Å². The summed E-state index contributed by atoms with van der Waals surface area (Å²) in [5.41, 5.74) is 6.27. The molecule has 0 aromatic carbocycles. The number of piperidine rings is 1. The molecule has 0 bridgehead atoms. The van der Waals surface area contributed by atoms with Crippen molar-refractivity contribution in [2.24, 2.45) is 11.7 Å². The first-order chi connectivity index (χ1) is 9.54. The minimum absolute atomic E-state index is 0.124. The molecule has 1 aromatic heterocycles. The third-order valence-electron chi connectivity index (χ3n) is 3.82. The van der Waals surface area contributed by atoms with Gasteiger partial charge in [0.1, 0.15) is 5.02 Å². The van der Waals surface area contributed by atoms with Crippen LogP contribution < -0.4 is 16.2 Å². The number of rotatable bonds is 4. The van der Waals surface area contributed by atoms with Crippen LogP contribution in [-0.2, 0) is 6.54 Å². The maximum absolute atomic E-state index is 12.0. The molecule has 2 atom stereocenters. The lowest BCUT2D eigenvalue weighted by Crippen LogP contribution is -2.43. The Balaban J connectivity index is 2.24. The summed E-state index contributed by atoms with van der Waals surface area (Å²) in [5.74, 6) is 0.402. The van der Waals surface area contributed by atoms with Crippen molar-refractivity contribution in [2.45, 2.75) is 32.4 Å². The van der Waals surface area contributed by atoms with Gasteiger partial charge in [-0.15, -0.1) is 0 Å². The maximum Gasteiger partial charge on any atom is 0.287 e. The van der Waals surface area contributed by atoms with Crippen LogP contribution in [0.2, 0.25) is 5.02 Å². The Labute approximate surface area is 123 Å². The fraction of sp³-hybridized carbons (Fsp3) is 0.692. The second-order valence-corrected chi connectivity index (χ2v) is 5.68. The minimum Gasteiger partial charge on any atom is -0.394 e. The molecule has 7 heteroatoms. The molecule has 0 spiro atoms. The molecule has 0 aliphatic carbocycles. The molecule has 0 saturated carbocycles. The van der Waals surface area contributed by atoms with Crippen molar-refractivity contribution < 1.29 is 5.11 Å². The molecule has 1 saturated heterocycles. The Morgan fingerprint density at radius 2 is 2.40 bits per heavy atom. The quantitative estimate of drug-likeness (QED) is 0.843. The van der Waals surface area contributed by atoms with E-state index in [1.807, 2.05) is 6.92 Å². The lowest BCUT2D eigenvalue weighted by molar-refractivity contribution is 0.266. The summed E-state index contributed by atoms with van der Waals surface area (Å²) in [4.78, 5) is 14.1. The molecule has 2 rings (SSSR count). The number of aromatic nitrogens is 2. The zero-order valence-corrected chi connectivity index (χ0v) is 12.4. The Morgan fingerprint density at radius 1 is 1.65 bits per heavy atom. The molecule has 1 aliphatic heterocycles. The average molecular weight is 301 g/mol. The van der Waals surface area contributed by atoms with Gasteiger partial charge in [-0.1, -0.05) is 11.6 Å². The highest BCUT2D eigenvalue weighted by atomic mass is 35.5. The number of halogens is 1. The van der Waals surface area contributed by atoms with Crippen molar-refractivity contribution in [3.05, 3.63) is 21.6 Å². The molecule has 1 fully saturated rings. The van der Waals surface area contributed by atoms with Gasteiger partial charge in [-0.05, 0) is 25.7 Å². The highest BCUT2D eigenvalue weighted by Gasteiger charge is 2.25. The van der Waals surface area contributed by atoms with E-state index in [9.17, 15) is 4.79 Å². The number of nitrogens with zero attached hydrogens (tertiary/aromatic N) is 3.